The number of morpholine rings is 1. The van der Waals surface area contributed by atoms with E-state index in [1.165, 1.54) is 0 Å². The van der Waals surface area contributed by atoms with Gasteiger partial charge in [0.1, 0.15) is 23.7 Å². The lowest BCUT2D eigenvalue weighted by Crippen LogP contribution is -2.44. The Morgan fingerprint density at radius 3 is 2.56 bits per heavy atom. The van der Waals surface area contributed by atoms with Crippen LogP contribution < -0.4 is 4.74 Å². The van der Waals surface area contributed by atoms with Crippen molar-refractivity contribution in [1.29, 1.82) is 0 Å². The summed E-state index contributed by atoms with van der Waals surface area (Å²) in [5.41, 5.74) is 2.38. The number of ether oxygens (including phenoxy) is 4. The summed E-state index contributed by atoms with van der Waals surface area (Å²) in [6.07, 6.45) is 2.06. The van der Waals surface area contributed by atoms with Gasteiger partial charge in [0, 0.05) is 30.6 Å². The minimum absolute atomic E-state index is 0. The van der Waals surface area contributed by atoms with Gasteiger partial charge >= 0.3 is 11.9 Å². The molecule has 1 saturated heterocycles. The van der Waals surface area contributed by atoms with Crippen molar-refractivity contribution in [2.75, 3.05) is 33.4 Å². The molecule has 3 rings (SSSR count). The molecule has 1 fully saturated rings. The molecule has 8 nitrogen and oxygen atoms in total. The normalized spacial score (nSPS) is 17.7. The molecular formula is C23H34ClNO7. The lowest BCUT2D eigenvalue weighted by atomic mass is 9.91. The van der Waals surface area contributed by atoms with Crippen LogP contribution in [0.3, 0.4) is 0 Å². The molecule has 9 heteroatoms. The van der Waals surface area contributed by atoms with Crippen molar-refractivity contribution in [2.45, 2.75) is 59.3 Å². The van der Waals surface area contributed by atoms with Crippen molar-refractivity contribution < 1.29 is 33.6 Å². The van der Waals surface area contributed by atoms with Crippen LogP contribution in [-0.4, -0.2) is 61.6 Å². The average Bonchev–Trinajstić information content (AvgIpc) is 3.16. The van der Waals surface area contributed by atoms with E-state index in [0.717, 1.165) is 25.1 Å². The van der Waals surface area contributed by atoms with E-state index in [2.05, 4.69) is 11.8 Å². The number of carbonyl (C=O) groups excluding carboxylic acids is 2. The van der Waals surface area contributed by atoms with Crippen molar-refractivity contribution in [3.8, 4) is 11.5 Å². The molecule has 0 saturated carbocycles. The zero-order valence-corrected chi connectivity index (χ0v) is 20.1. The van der Waals surface area contributed by atoms with Gasteiger partial charge in [-0.25, -0.2) is 4.79 Å². The molecule has 2 aliphatic heterocycles. The van der Waals surface area contributed by atoms with Crippen LogP contribution in [-0.2, 0) is 32.0 Å². The molecule has 1 aromatic rings. The number of phenols is 1. The second kappa shape index (κ2) is 11.7. The second-order valence-corrected chi connectivity index (χ2v) is 8.34. The van der Waals surface area contributed by atoms with Gasteiger partial charge in [-0.05, 0) is 44.6 Å². The minimum atomic E-state index is -0.496. The number of hydrogen-bond donors (Lipinski definition) is 1. The van der Waals surface area contributed by atoms with Crippen LogP contribution in [0.15, 0.2) is 0 Å². The Kier molecular flexibility index (Phi) is 9.61. The molecule has 0 amide bonds. The summed E-state index contributed by atoms with van der Waals surface area (Å²) >= 11 is 0. The smallest absolute Gasteiger partial charge is 0.342 e. The number of fused-ring (bicyclic) bond motifs is 1. The van der Waals surface area contributed by atoms with Crippen LogP contribution in [0.1, 0.15) is 60.2 Å². The first kappa shape index (κ1) is 26.2. The molecule has 1 N–H and O–H groups in total. The predicted octanol–water partition coefficient (Wildman–Crippen LogP) is 3.37. The van der Waals surface area contributed by atoms with Crippen LogP contribution in [0, 0.1) is 12.8 Å². The Morgan fingerprint density at radius 1 is 1.22 bits per heavy atom. The largest absolute Gasteiger partial charge is 0.507 e. The predicted molar refractivity (Wildman–Crippen MR) is 120 cm³/mol. The third-order valence-corrected chi connectivity index (χ3v) is 6.24. The van der Waals surface area contributed by atoms with Gasteiger partial charge in [-0.1, -0.05) is 6.92 Å². The van der Waals surface area contributed by atoms with Crippen molar-refractivity contribution in [3.05, 3.63) is 22.3 Å². The summed E-state index contributed by atoms with van der Waals surface area (Å²) < 4.78 is 21.5. The zero-order valence-electron chi connectivity index (χ0n) is 19.3. The molecule has 2 atom stereocenters. The summed E-state index contributed by atoms with van der Waals surface area (Å²) in [4.78, 5) is 26.4. The summed E-state index contributed by atoms with van der Waals surface area (Å²) in [5.74, 6) is 0.0781. The molecule has 0 aliphatic carbocycles. The molecule has 0 radical (unpaired) electrons. The van der Waals surface area contributed by atoms with E-state index in [1.807, 2.05) is 13.8 Å². The number of methoxy groups -OCH3 is 1. The van der Waals surface area contributed by atoms with Crippen LogP contribution in [0.2, 0.25) is 0 Å². The number of hydrogen-bond acceptors (Lipinski definition) is 8. The number of carbonyl (C=O) groups is 2. The van der Waals surface area contributed by atoms with E-state index in [4.69, 9.17) is 18.9 Å². The molecule has 0 bridgehead atoms. The fraction of sp³-hybridized carbons (Fsp3) is 0.652. The Balaban J connectivity index is 0.00000363. The highest BCUT2D eigenvalue weighted by Gasteiger charge is 2.32. The van der Waals surface area contributed by atoms with E-state index in [9.17, 15) is 14.7 Å². The van der Waals surface area contributed by atoms with Gasteiger partial charge in [-0.2, -0.15) is 0 Å². The number of phenolic OH excluding ortho intramolecular Hbond substituents is 1. The molecule has 2 unspecified atom stereocenters. The van der Waals surface area contributed by atoms with Gasteiger partial charge in [0.15, 0.2) is 6.23 Å². The fourth-order valence-corrected chi connectivity index (χ4v) is 4.23. The summed E-state index contributed by atoms with van der Waals surface area (Å²) in [6, 6.07) is 0. The average molecular weight is 472 g/mol. The third-order valence-electron chi connectivity index (χ3n) is 6.24. The monoisotopic (exact) mass is 471 g/mol. The number of cyclic esters (lactones) is 1. The molecular weight excluding hydrogens is 438 g/mol. The number of nitrogens with zero attached hydrogens (tertiary/aromatic N) is 1. The zero-order chi connectivity index (χ0) is 22.5. The number of aromatic hydroxyl groups is 1. The standard InChI is InChI=1S/C23H33NO7.ClH/c1-14(6-8-19(25)31-16(3)24-9-11-29-12-10-24)5-7-17-21(26)20-18(13-30-23(20)27)15(2)22(17)28-4;/h14,16,26H,5-13H2,1-4H3;1H. The lowest BCUT2D eigenvalue weighted by Gasteiger charge is -2.31. The van der Waals surface area contributed by atoms with Crippen molar-refractivity contribution in [1.82, 2.24) is 4.90 Å². The maximum atomic E-state index is 12.2. The van der Waals surface area contributed by atoms with Crippen LogP contribution >= 0.6 is 12.4 Å². The number of esters is 2. The maximum Gasteiger partial charge on any atom is 0.342 e. The highest BCUT2D eigenvalue weighted by molar-refractivity contribution is 5.98. The van der Waals surface area contributed by atoms with E-state index < -0.39 is 5.97 Å². The van der Waals surface area contributed by atoms with E-state index in [-0.39, 0.29) is 48.4 Å². The van der Waals surface area contributed by atoms with Crippen molar-refractivity contribution in [3.63, 3.8) is 0 Å². The van der Waals surface area contributed by atoms with Crippen LogP contribution in [0.4, 0.5) is 0 Å². The lowest BCUT2D eigenvalue weighted by molar-refractivity contribution is -0.161. The maximum absolute atomic E-state index is 12.2. The van der Waals surface area contributed by atoms with Crippen molar-refractivity contribution in [2.24, 2.45) is 5.92 Å². The number of rotatable bonds is 9. The summed E-state index contributed by atoms with van der Waals surface area (Å²) in [5, 5.41) is 10.7. The first-order valence-electron chi connectivity index (χ1n) is 10.9. The Labute approximate surface area is 195 Å². The second-order valence-electron chi connectivity index (χ2n) is 8.34. The first-order valence-corrected chi connectivity index (χ1v) is 10.9. The molecule has 2 heterocycles. The summed E-state index contributed by atoms with van der Waals surface area (Å²) in [6.45, 7) is 8.85. The van der Waals surface area contributed by atoms with Crippen LogP contribution in [0.5, 0.6) is 11.5 Å². The SMILES string of the molecule is COc1c(C)c2c(c(O)c1CCC(C)CCC(=O)OC(C)N1CCOCC1)C(=O)OC2.Cl. The fourth-order valence-electron chi connectivity index (χ4n) is 4.23. The molecule has 1 aromatic carbocycles. The Hall–Kier alpha value is -2.03. The van der Waals surface area contributed by atoms with E-state index in [1.54, 1.807) is 7.11 Å². The third kappa shape index (κ3) is 5.85. The van der Waals surface area contributed by atoms with Gasteiger partial charge in [-0.15, -0.1) is 12.4 Å². The van der Waals surface area contributed by atoms with Gasteiger partial charge in [-0.3, -0.25) is 9.69 Å². The molecule has 180 valence electrons. The first-order chi connectivity index (χ1) is 14.8. The number of halogens is 1. The number of benzene rings is 1. The molecule has 0 aromatic heterocycles. The topological polar surface area (TPSA) is 94.5 Å². The molecule has 32 heavy (non-hydrogen) atoms. The minimum Gasteiger partial charge on any atom is -0.507 e. The van der Waals surface area contributed by atoms with Gasteiger partial charge < -0.3 is 24.1 Å². The Bertz CT molecular complexity index is 823. The van der Waals surface area contributed by atoms with E-state index in [0.29, 0.717) is 49.4 Å². The van der Waals surface area contributed by atoms with Gasteiger partial charge in [0.2, 0.25) is 0 Å². The summed E-state index contributed by atoms with van der Waals surface area (Å²) in [7, 11) is 1.56. The highest BCUT2D eigenvalue weighted by Crippen LogP contribution is 2.42. The van der Waals surface area contributed by atoms with Crippen molar-refractivity contribution >= 4 is 24.3 Å². The molecule has 2 aliphatic rings. The van der Waals surface area contributed by atoms with Gasteiger partial charge in [0.25, 0.3) is 0 Å². The molecule has 0 spiro atoms. The Morgan fingerprint density at radius 2 is 1.91 bits per heavy atom. The van der Waals surface area contributed by atoms with Crippen LogP contribution in [0.25, 0.3) is 0 Å². The van der Waals surface area contributed by atoms with E-state index >= 15 is 0 Å². The quantitative estimate of drug-likeness (QED) is 0.548. The van der Waals surface area contributed by atoms with Gasteiger partial charge in [0.05, 0.1) is 20.3 Å². The highest BCUT2D eigenvalue weighted by atomic mass is 35.5.